The second-order valence-electron chi connectivity index (χ2n) is 9.33. The fraction of sp³-hybridized carbons (Fsp3) is 0.818. The Kier molecular flexibility index (Phi) is 11.6. The van der Waals surface area contributed by atoms with Crippen molar-refractivity contribution < 1.29 is 24.3 Å². The Hall–Kier alpha value is -2.20. The Bertz CT molecular complexity index is 655. The second kappa shape index (κ2) is 13.4. The lowest BCUT2D eigenvalue weighted by Crippen LogP contribution is -2.57. The van der Waals surface area contributed by atoms with Gasteiger partial charge in [0.2, 0.25) is 17.7 Å². The molecule has 1 fully saturated rings. The first-order valence-electron chi connectivity index (χ1n) is 11.6. The third kappa shape index (κ3) is 8.38. The average molecular weight is 456 g/mol. The molecular weight excluding hydrogens is 414 g/mol. The smallest absolute Gasteiger partial charge is 0.326 e. The van der Waals surface area contributed by atoms with Crippen LogP contribution >= 0.6 is 0 Å². The van der Waals surface area contributed by atoms with Gasteiger partial charge in [0.25, 0.3) is 0 Å². The molecule has 10 heteroatoms. The SMILES string of the molecule is CC(C)CC(NC(=O)C(CCCCN)NC(=O)C1CCCN1C(=O)C(N)C(C)C)C(=O)O. The number of nitrogens with zero attached hydrogens (tertiary/aromatic N) is 1. The minimum absolute atomic E-state index is 0.0597. The molecule has 4 atom stereocenters. The van der Waals surface area contributed by atoms with Crippen LogP contribution in [0.4, 0.5) is 0 Å². The van der Waals surface area contributed by atoms with E-state index in [1.807, 2.05) is 27.7 Å². The van der Waals surface area contributed by atoms with Crippen LogP contribution in [0.3, 0.4) is 0 Å². The van der Waals surface area contributed by atoms with Gasteiger partial charge in [-0.3, -0.25) is 14.4 Å². The molecule has 3 amide bonds. The van der Waals surface area contributed by atoms with Crippen LogP contribution in [0.1, 0.15) is 66.2 Å². The van der Waals surface area contributed by atoms with Gasteiger partial charge >= 0.3 is 5.97 Å². The summed E-state index contributed by atoms with van der Waals surface area (Å²) in [7, 11) is 0. The van der Waals surface area contributed by atoms with Crippen LogP contribution in [0, 0.1) is 11.8 Å². The number of likely N-dealkylation sites (tertiary alicyclic amines) is 1. The maximum atomic E-state index is 13.0. The van der Waals surface area contributed by atoms with Crippen LogP contribution in [0.15, 0.2) is 0 Å². The maximum absolute atomic E-state index is 13.0. The highest BCUT2D eigenvalue weighted by Gasteiger charge is 2.38. The number of aliphatic carboxylic acids is 1. The van der Waals surface area contributed by atoms with Gasteiger partial charge in [-0.25, -0.2) is 4.79 Å². The summed E-state index contributed by atoms with van der Waals surface area (Å²) in [5.74, 6) is -2.34. The third-order valence-corrected chi connectivity index (χ3v) is 5.74. The molecule has 0 spiro atoms. The second-order valence-corrected chi connectivity index (χ2v) is 9.33. The number of hydrogen-bond acceptors (Lipinski definition) is 6. The predicted octanol–water partition coefficient (Wildman–Crippen LogP) is 0.190. The van der Waals surface area contributed by atoms with Gasteiger partial charge in [0.15, 0.2) is 0 Å². The van der Waals surface area contributed by atoms with E-state index in [1.54, 1.807) is 0 Å². The molecule has 1 aliphatic rings. The fourth-order valence-corrected chi connectivity index (χ4v) is 3.77. The molecule has 0 aromatic rings. The molecule has 0 aliphatic carbocycles. The Morgan fingerprint density at radius 1 is 1.06 bits per heavy atom. The first-order chi connectivity index (χ1) is 15.0. The summed E-state index contributed by atoms with van der Waals surface area (Å²) in [5.41, 5.74) is 11.6. The zero-order chi connectivity index (χ0) is 24.4. The summed E-state index contributed by atoms with van der Waals surface area (Å²) in [4.78, 5) is 51.7. The van der Waals surface area contributed by atoms with E-state index in [0.29, 0.717) is 45.2 Å². The van der Waals surface area contributed by atoms with Crippen LogP contribution < -0.4 is 22.1 Å². The summed E-state index contributed by atoms with van der Waals surface area (Å²) < 4.78 is 0. The molecule has 0 radical (unpaired) electrons. The Labute approximate surface area is 190 Å². The van der Waals surface area contributed by atoms with Gasteiger partial charge in [0.1, 0.15) is 18.1 Å². The van der Waals surface area contributed by atoms with Crippen molar-refractivity contribution in [1.29, 1.82) is 0 Å². The number of hydrogen-bond donors (Lipinski definition) is 5. The van der Waals surface area contributed by atoms with Gasteiger partial charge in [-0.1, -0.05) is 27.7 Å². The standard InChI is InChI=1S/C22H41N5O5/c1-13(2)12-16(22(31)32)26-19(28)15(8-5-6-10-23)25-20(29)17-9-7-11-27(17)21(30)18(24)14(3)4/h13-18H,5-12,23-24H2,1-4H3,(H,25,29)(H,26,28)(H,31,32). The zero-order valence-electron chi connectivity index (χ0n) is 19.8. The highest BCUT2D eigenvalue weighted by Crippen LogP contribution is 2.20. The molecule has 0 bridgehead atoms. The number of carbonyl (C=O) groups is 4. The largest absolute Gasteiger partial charge is 0.480 e. The van der Waals surface area contributed by atoms with E-state index in [0.717, 1.165) is 0 Å². The molecule has 10 nitrogen and oxygen atoms in total. The Morgan fingerprint density at radius 2 is 1.72 bits per heavy atom. The van der Waals surface area contributed by atoms with Gasteiger partial charge in [-0.2, -0.15) is 0 Å². The van der Waals surface area contributed by atoms with Crippen molar-refractivity contribution in [1.82, 2.24) is 15.5 Å². The molecule has 1 saturated heterocycles. The normalized spacial score (nSPS) is 19.0. The van der Waals surface area contributed by atoms with E-state index in [4.69, 9.17) is 11.5 Å². The van der Waals surface area contributed by atoms with Crippen LogP contribution in [-0.2, 0) is 19.2 Å². The van der Waals surface area contributed by atoms with E-state index in [9.17, 15) is 24.3 Å². The van der Waals surface area contributed by atoms with Gasteiger partial charge in [-0.05, 0) is 56.9 Å². The first kappa shape index (κ1) is 27.8. The molecule has 0 saturated carbocycles. The Morgan fingerprint density at radius 3 is 2.25 bits per heavy atom. The van der Waals surface area contributed by atoms with E-state index >= 15 is 0 Å². The average Bonchev–Trinajstić information content (AvgIpc) is 3.20. The van der Waals surface area contributed by atoms with Crippen LogP contribution in [-0.4, -0.2) is 71.0 Å². The highest BCUT2D eigenvalue weighted by atomic mass is 16.4. The molecule has 1 heterocycles. The quantitative estimate of drug-likeness (QED) is 0.247. The number of amides is 3. The van der Waals surface area contributed by atoms with E-state index < -0.39 is 42.0 Å². The number of nitrogens with one attached hydrogen (secondary N) is 2. The molecule has 4 unspecified atom stereocenters. The molecule has 1 rings (SSSR count). The number of rotatable bonds is 13. The van der Waals surface area contributed by atoms with Crippen LogP contribution in [0.2, 0.25) is 0 Å². The van der Waals surface area contributed by atoms with Gasteiger partial charge in [0, 0.05) is 6.54 Å². The lowest BCUT2D eigenvalue weighted by molar-refractivity contribution is -0.143. The number of carboxylic acids is 1. The van der Waals surface area contributed by atoms with Crippen molar-refractivity contribution in [3.63, 3.8) is 0 Å². The minimum Gasteiger partial charge on any atom is -0.480 e. The summed E-state index contributed by atoms with van der Waals surface area (Å²) in [6.07, 6.45) is 3.05. The summed E-state index contributed by atoms with van der Waals surface area (Å²) in [6.45, 7) is 8.33. The van der Waals surface area contributed by atoms with Crippen molar-refractivity contribution in [3.05, 3.63) is 0 Å². The Balaban J connectivity index is 2.92. The summed E-state index contributed by atoms with van der Waals surface area (Å²) >= 11 is 0. The molecule has 32 heavy (non-hydrogen) atoms. The van der Waals surface area contributed by atoms with Crippen LogP contribution in [0.5, 0.6) is 0 Å². The van der Waals surface area contributed by atoms with E-state index in [-0.39, 0.29) is 24.2 Å². The lowest BCUT2D eigenvalue weighted by Gasteiger charge is -2.29. The van der Waals surface area contributed by atoms with Crippen molar-refractivity contribution >= 4 is 23.7 Å². The molecule has 184 valence electrons. The zero-order valence-corrected chi connectivity index (χ0v) is 19.8. The van der Waals surface area contributed by atoms with Gasteiger partial charge in [0.05, 0.1) is 6.04 Å². The van der Waals surface area contributed by atoms with Gasteiger partial charge in [-0.15, -0.1) is 0 Å². The topological polar surface area (TPSA) is 168 Å². The third-order valence-electron chi connectivity index (χ3n) is 5.74. The number of nitrogens with two attached hydrogens (primary N) is 2. The van der Waals surface area contributed by atoms with E-state index in [1.165, 1.54) is 4.90 Å². The fourth-order valence-electron chi connectivity index (χ4n) is 3.77. The van der Waals surface area contributed by atoms with E-state index in [2.05, 4.69) is 10.6 Å². The summed E-state index contributed by atoms with van der Waals surface area (Å²) in [5, 5.41) is 14.7. The minimum atomic E-state index is -1.12. The number of unbranched alkanes of at least 4 members (excludes halogenated alkanes) is 1. The molecule has 0 aromatic heterocycles. The maximum Gasteiger partial charge on any atom is 0.326 e. The predicted molar refractivity (Wildman–Crippen MR) is 121 cm³/mol. The van der Waals surface area contributed by atoms with Crippen molar-refractivity contribution in [2.24, 2.45) is 23.3 Å². The first-order valence-corrected chi connectivity index (χ1v) is 11.6. The molecule has 0 aromatic carbocycles. The lowest BCUT2D eigenvalue weighted by atomic mass is 10.0. The molecule has 1 aliphatic heterocycles. The summed E-state index contributed by atoms with van der Waals surface area (Å²) in [6, 6.07) is -3.33. The number of carbonyl (C=O) groups excluding carboxylic acids is 3. The monoisotopic (exact) mass is 455 g/mol. The van der Waals surface area contributed by atoms with Crippen LogP contribution in [0.25, 0.3) is 0 Å². The van der Waals surface area contributed by atoms with Crippen molar-refractivity contribution in [3.8, 4) is 0 Å². The van der Waals surface area contributed by atoms with Crippen molar-refractivity contribution in [2.75, 3.05) is 13.1 Å². The van der Waals surface area contributed by atoms with Gasteiger partial charge < -0.3 is 32.1 Å². The highest BCUT2D eigenvalue weighted by molar-refractivity contribution is 5.94. The van der Waals surface area contributed by atoms with Crippen molar-refractivity contribution in [2.45, 2.75) is 90.4 Å². The molecular formula is C22H41N5O5. The number of carboxylic acid groups (broad SMARTS) is 1. The molecule has 7 N–H and O–H groups in total.